The molecule has 1 atom stereocenters. The van der Waals surface area contributed by atoms with Gasteiger partial charge in [0.05, 0.1) is 6.10 Å². The molecule has 7 N–H and O–H groups in total. The summed E-state index contributed by atoms with van der Waals surface area (Å²) < 4.78 is 0. The Morgan fingerprint density at radius 1 is 0.730 bits per heavy atom. The molecule has 0 heterocycles. The molecular formula is C31H71N5O. The van der Waals surface area contributed by atoms with Crippen molar-refractivity contribution in [3.05, 3.63) is 0 Å². The van der Waals surface area contributed by atoms with Gasteiger partial charge in [-0.2, -0.15) is 0 Å². The van der Waals surface area contributed by atoms with E-state index in [9.17, 15) is 5.11 Å². The summed E-state index contributed by atoms with van der Waals surface area (Å²) in [6.07, 6.45) is 5.84. The van der Waals surface area contributed by atoms with Gasteiger partial charge >= 0.3 is 0 Å². The molecule has 0 saturated heterocycles. The Morgan fingerprint density at radius 3 is 1.59 bits per heavy atom. The van der Waals surface area contributed by atoms with E-state index in [1.165, 1.54) is 6.42 Å². The molecule has 0 spiro atoms. The van der Waals surface area contributed by atoms with Crippen LogP contribution < -0.4 is 22.1 Å². The molecule has 0 fully saturated rings. The van der Waals surface area contributed by atoms with Crippen LogP contribution in [0.15, 0.2) is 0 Å². The van der Waals surface area contributed by atoms with Crippen molar-refractivity contribution >= 4 is 0 Å². The molecule has 1 unspecified atom stereocenters. The van der Waals surface area contributed by atoms with Gasteiger partial charge < -0.3 is 32.1 Å². The van der Waals surface area contributed by atoms with Crippen LogP contribution in [0.3, 0.4) is 0 Å². The van der Waals surface area contributed by atoms with Gasteiger partial charge in [-0.15, -0.1) is 0 Å². The third-order valence-electron chi connectivity index (χ3n) is 8.25. The van der Waals surface area contributed by atoms with Crippen LogP contribution in [0.1, 0.15) is 122 Å². The summed E-state index contributed by atoms with van der Waals surface area (Å²) in [5, 5.41) is 18.3. The van der Waals surface area contributed by atoms with E-state index in [0.29, 0.717) is 5.92 Å². The molecule has 0 aromatic heterocycles. The highest BCUT2D eigenvalue weighted by molar-refractivity contribution is 4.95. The van der Waals surface area contributed by atoms with Crippen LogP contribution in [0.4, 0.5) is 0 Å². The molecule has 0 bridgehead atoms. The fourth-order valence-electron chi connectivity index (χ4n) is 4.12. The minimum Gasteiger partial charge on any atom is -0.393 e. The van der Waals surface area contributed by atoms with Crippen LogP contribution in [-0.2, 0) is 0 Å². The maximum absolute atomic E-state index is 10.9. The Hall–Kier alpha value is -0.240. The van der Waals surface area contributed by atoms with Gasteiger partial charge in [0.1, 0.15) is 0 Å². The fourth-order valence-corrected chi connectivity index (χ4v) is 4.12. The summed E-state index contributed by atoms with van der Waals surface area (Å²) in [5.74, 6) is 0.563. The average molecular weight is 530 g/mol. The van der Waals surface area contributed by atoms with Gasteiger partial charge in [-0.1, -0.05) is 48.5 Å². The number of nitrogens with one attached hydrogen (secondary N) is 2. The van der Waals surface area contributed by atoms with Crippen LogP contribution in [0.25, 0.3) is 0 Å². The van der Waals surface area contributed by atoms with Crippen LogP contribution in [0.2, 0.25) is 0 Å². The molecule has 0 amide bonds. The zero-order valence-corrected chi connectivity index (χ0v) is 27.4. The molecule has 0 rings (SSSR count). The summed E-state index contributed by atoms with van der Waals surface area (Å²) in [6, 6.07) is 0. The van der Waals surface area contributed by atoms with Crippen molar-refractivity contribution in [1.29, 1.82) is 0 Å². The molecule has 226 valence electrons. The highest BCUT2D eigenvalue weighted by Gasteiger charge is 2.39. The lowest BCUT2D eigenvalue weighted by atomic mass is 9.68. The first-order valence-corrected chi connectivity index (χ1v) is 15.2. The second-order valence-electron chi connectivity index (χ2n) is 14.3. The standard InChI is InChI=1S/C28H62N4O.C3H9N/c1-23(2)26(6,7)21-24(33)22-27(8,9)28(10,11)31-17-14-20-32(18-12-15-29)19-13-16-30-25(3,4)5;1-2-3-4/h23-24,30-31,33H,12-22,29H2,1-11H3;2-4H2,1H3. The van der Waals surface area contributed by atoms with E-state index in [4.69, 9.17) is 11.5 Å². The Bertz CT molecular complexity index is 538. The highest BCUT2D eigenvalue weighted by atomic mass is 16.3. The Kier molecular flexibility index (Phi) is 19.9. The molecule has 0 aromatic rings. The van der Waals surface area contributed by atoms with Gasteiger partial charge in [0.15, 0.2) is 0 Å². The van der Waals surface area contributed by atoms with E-state index in [-0.39, 0.29) is 28.0 Å². The second kappa shape index (κ2) is 18.9. The Labute approximate surface area is 233 Å². The first-order chi connectivity index (χ1) is 16.8. The maximum atomic E-state index is 10.9. The lowest BCUT2D eigenvalue weighted by Crippen LogP contribution is -2.53. The van der Waals surface area contributed by atoms with Crippen LogP contribution >= 0.6 is 0 Å². The van der Waals surface area contributed by atoms with E-state index >= 15 is 0 Å². The van der Waals surface area contributed by atoms with Gasteiger partial charge in [0.2, 0.25) is 0 Å². The molecule has 0 saturated carbocycles. The summed E-state index contributed by atoms with van der Waals surface area (Å²) in [6.45, 7) is 33.8. The summed E-state index contributed by atoms with van der Waals surface area (Å²) in [7, 11) is 0. The summed E-state index contributed by atoms with van der Waals surface area (Å²) in [5.41, 5.74) is 11.1. The van der Waals surface area contributed by atoms with Crippen molar-refractivity contribution < 1.29 is 5.11 Å². The Morgan fingerprint density at radius 2 is 1.19 bits per heavy atom. The van der Waals surface area contributed by atoms with Gasteiger partial charge in [0, 0.05) is 11.1 Å². The predicted octanol–water partition coefficient (Wildman–Crippen LogP) is 5.38. The zero-order chi connectivity index (χ0) is 29.3. The van der Waals surface area contributed by atoms with Crippen molar-refractivity contribution in [2.75, 3.05) is 45.8 Å². The molecule has 0 aliphatic rings. The van der Waals surface area contributed by atoms with Crippen LogP contribution in [0, 0.1) is 16.7 Å². The Balaban J connectivity index is 0. The van der Waals surface area contributed by atoms with Crippen molar-refractivity contribution in [3.8, 4) is 0 Å². The third kappa shape index (κ3) is 19.5. The SMILES string of the molecule is CC(C)C(C)(C)CC(O)CC(C)(C)C(C)(C)NCCCN(CCCN)CCCNC(C)(C)C.CCCN. The topological polar surface area (TPSA) is 99.6 Å². The minimum absolute atomic E-state index is 0.00264. The molecule has 0 aromatic carbocycles. The smallest absolute Gasteiger partial charge is 0.0551 e. The van der Waals surface area contributed by atoms with Gasteiger partial charge in [-0.3, -0.25) is 0 Å². The number of nitrogens with two attached hydrogens (primary N) is 2. The summed E-state index contributed by atoms with van der Waals surface area (Å²) >= 11 is 0. The van der Waals surface area contributed by atoms with Crippen LogP contribution in [0.5, 0.6) is 0 Å². The summed E-state index contributed by atoms with van der Waals surface area (Å²) in [4.78, 5) is 2.56. The third-order valence-corrected chi connectivity index (χ3v) is 8.25. The molecule has 0 aliphatic heterocycles. The molecule has 0 radical (unpaired) electrons. The lowest BCUT2D eigenvalue weighted by molar-refractivity contribution is 0.0243. The van der Waals surface area contributed by atoms with E-state index in [1.807, 2.05) is 0 Å². The molecule has 6 heteroatoms. The van der Waals surface area contributed by atoms with Crippen molar-refractivity contribution in [1.82, 2.24) is 15.5 Å². The van der Waals surface area contributed by atoms with E-state index in [1.54, 1.807) is 0 Å². The second-order valence-corrected chi connectivity index (χ2v) is 14.3. The minimum atomic E-state index is -0.271. The number of aliphatic hydroxyl groups excluding tert-OH is 1. The first-order valence-electron chi connectivity index (χ1n) is 15.2. The molecule has 6 nitrogen and oxygen atoms in total. The van der Waals surface area contributed by atoms with Gasteiger partial charge in [-0.25, -0.2) is 0 Å². The number of hydrogen-bond donors (Lipinski definition) is 5. The van der Waals surface area contributed by atoms with E-state index in [2.05, 4.69) is 98.6 Å². The van der Waals surface area contributed by atoms with E-state index in [0.717, 1.165) is 77.9 Å². The monoisotopic (exact) mass is 530 g/mol. The highest BCUT2D eigenvalue weighted by Crippen LogP contribution is 2.39. The van der Waals surface area contributed by atoms with Crippen molar-refractivity contribution in [2.24, 2.45) is 28.2 Å². The fraction of sp³-hybridized carbons (Fsp3) is 1.00. The van der Waals surface area contributed by atoms with Crippen molar-refractivity contribution in [2.45, 2.75) is 139 Å². The first kappa shape index (κ1) is 38.9. The zero-order valence-electron chi connectivity index (χ0n) is 27.4. The molecule has 0 aliphatic carbocycles. The van der Waals surface area contributed by atoms with Crippen molar-refractivity contribution in [3.63, 3.8) is 0 Å². The van der Waals surface area contributed by atoms with Crippen LogP contribution in [-0.4, -0.2) is 73.0 Å². The maximum Gasteiger partial charge on any atom is 0.0551 e. The number of rotatable bonds is 19. The number of aliphatic hydroxyl groups is 1. The van der Waals surface area contributed by atoms with E-state index < -0.39 is 0 Å². The van der Waals surface area contributed by atoms with Gasteiger partial charge in [-0.05, 0) is 136 Å². The largest absolute Gasteiger partial charge is 0.393 e. The predicted molar refractivity (Wildman–Crippen MR) is 166 cm³/mol. The quantitative estimate of drug-likeness (QED) is 0.144. The molecule has 37 heavy (non-hydrogen) atoms. The normalized spacial score (nSPS) is 14.2. The average Bonchev–Trinajstić information content (AvgIpc) is 2.75. The van der Waals surface area contributed by atoms with Gasteiger partial charge in [0.25, 0.3) is 0 Å². The number of nitrogens with zero attached hydrogens (tertiary/aromatic N) is 1. The lowest BCUT2D eigenvalue weighted by Gasteiger charge is -2.45. The molecular weight excluding hydrogens is 458 g/mol. The number of hydrogen-bond acceptors (Lipinski definition) is 6.